The first-order valence-electron chi connectivity index (χ1n) is 12.0. The van der Waals surface area contributed by atoms with Gasteiger partial charge in [-0.2, -0.15) is 8.68 Å². The van der Waals surface area contributed by atoms with Crippen molar-refractivity contribution in [2.75, 3.05) is 55.8 Å². The van der Waals surface area contributed by atoms with Crippen LogP contribution in [0.25, 0.3) is 0 Å². The monoisotopic (exact) mass is 512 g/mol. The molecule has 1 aliphatic heterocycles. The molecule has 0 bridgehead atoms. The Morgan fingerprint density at radius 3 is 2.29 bits per heavy atom. The van der Waals surface area contributed by atoms with Gasteiger partial charge in [-0.3, -0.25) is 0 Å². The number of benzene rings is 2. The van der Waals surface area contributed by atoms with Crippen LogP contribution in [-0.2, 0) is 16.4 Å². The van der Waals surface area contributed by atoms with E-state index >= 15 is 0 Å². The molecule has 5 rings (SSSR count). The van der Waals surface area contributed by atoms with E-state index in [1.54, 1.807) is 4.31 Å². The zero-order chi connectivity index (χ0) is 24.6. The second kappa shape index (κ2) is 9.75. The maximum atomic E-state index is 12.6. The number of hydrogen-bond donors (Lipinski definition) is 1. The van der Waals surface area contributed by atoms with Crippen molar-refractivity contribution in [3.05, 3.63) is 65.5 Å². The zero-order valence-corrected chi connectivity index (χ0v) is 21.8. The van der Waals surface area contributed by atoms with Gasteiger partial charge in [0.25, 0.3) is 0 Å². The van der Waals surface area contributed by atoms with Crippen LogP contribution in [0.1, 0.15) is 35.7 Å². The summed E-state index contributed by atoms with van der Waals surface area (Å²) < 4.78 is 31.5. The van der Waals surface area contributed by atoms with Crippen molar-refractivity contribution in [3.8, 4) is 0 Å². The maximum Gasteiger partial charge on any atom is 0.217 e. The summed E-state index contributed by atoms with van der Waals surface area (Å²) in [4.78, 5) is 9.18. The van der Waals surface area contributed by atoms with E-state index < -0.39 is 10.0 Å². The minimum atomic E-state index is -3.12. The molecular formula is C25H32N6O2S2. The molecule has 2 N–H and O–H groups in total. The molecule has 2 heterocycles. The molecule has 1 atom stereocenters. The van der Waals surface area contributed by atoms with Gasteiger partial charge in [-0.1, -0.05) is 24.3 Å². The third-order valence-electron chi connectivity index (χ3n) is 6.79. The number of nitrogens with zero attached hydrogens (tertiary/aromatic N) is 5. The summed E-state index contributed by atoms with van der Waals surface area (Å²) in [7, 11) is 0.947. The summed E-state index contributed by atoms with van der Waals surface area (Å²) >= 11 is 1.39. The Kier molecular flexibility index (Phi) is 6.69. The third-order valence-corrected chi connectivity index (χ3v) is 9.98. The first-order valence-corrected chi connectivity index (χ1v) is 14.3. The molecule has 0 amide bonds. The lowest BCUT2D eigenvalue weighted by molar-refractivity contribution is 0.384. The number of anilines is 3. The van der Waals surface area contributed by atoms with E-state index in [9.17, 15) is 8.42 Å². The second-order valence-electron chi connectivity index (χ2n) is 9.55. The van der Waals surface area contributed by atoms with E-state index in [2.05, 4.69) is 46.2 Å². The van der Waals surface area contributed by atoms with Crippen molar-refractivity contribution >= 4 is 38.1 Å². The smallest absolute Gasteiger partial charge is 0.217 e. The number of aromatic nitrogens is 2. The summed E-state index contributed by atoms with van der Waals surface area (Å²) in [6, 6.07) is 16.5. The van der Waals surface area contributed by atoms with Gasteiger partial charge >= 0.3 is 0 Å². The average Bonchev–Trinajstić information content (AvgIpc) is 3.62. The van der Waals surface area contributed by atoms with Gasteiger partial charge in [-0.25, -0.2) is 13.4 Å². The molecule has 2 fully saturated rings. The quantitative estimate of drug-likeness (QED) is 0.463. The Labute approximate surface area is 211 Å². The fourth-order valence-electron chi connectivity index (χ4n) is 4.46. The lowest BCUT2D eigenvalue weighted by atomic mass is 9.91. The van der Waals surface area contributed by atoms with Gasteiger partial charge in [0.2, 0.25) is 15.2 Å². The lowest BCUT2D eigenvalue weighted by Gasteiger charge is -2.33. The summed E-state index contributed by atoms with van der Waals surface area (Å²) in [6.07, 6.45) is 2.38. The van der Waals surface area contributed by atoms with Gasteiger partial charge in [0, 0.05) is 69.1 Å². The van der Waals surface area contributed by atoms with Crippen LogP contribution in [0.2, 0.25) is 0 Å². The normalized spacial score (nSPS) is 17.9. The van der Waals surface area contributed by atoms with Crippen LogP contribution in [0.5, 0.6) is 0 Å². The highest BCUT2D eigenvalue weighted by Crippen LogP contribution is 2.33. The average molecular weight is 513 g/mol. The van der Waals surface area contributed by atoms with Crippen molar-refractivity contribution in [1.82, 2.24) is 13.7 Å². The van der Waals surface area contributed by atoms with Gasteiger partial charge in [-0.05, 0) is 54.7 Å². The van der Waals surface area contributed by atoms with Crippen LogP contribution in [0, 0.1) is 0 Å². The van der Waals surface area contributed by atoms with Crippen LogP contribution in [-0.4, -0.2) is 67.6 Å². The van der Waals surface area contributed by atoms with E-state index in [1.165, 1.54) is 17.1 Å². The molecule has 186 valence electrons. The lowest BCUT2D eigenvalue weighted by Crippen LogP contribution is -2.49. The Morgan fingerprint density at radius 1 is 1.03 bits per heavy atom. The van der Waals surface area contributed by atoms with Gasteiger partial charge in [0.15, 0.2) is 5.82 Å². The Morgan fingerprint density at radius 2 is 1.69 bits per heavy atom. The molecule has 1 aliphatic carbocycles. The van der Waals surface area contributed by atoms with Crippen LogP contribution in [0.15, 0.2) is 48.5 Å². The predicted molar refractivity (Wildman–Crippen MR) is 143 cm³/mol. The molecule has 1 saturated carbocycles. The van der Waals surface area contributed by atoms with Crippen LogP contribution < -0.4 is 15.5 Å². The second-order valence-corrected chi connectivity index (χ2v) is 12.5. The zero-order valence-electron chi connectivity index (χ0n) is 20.2. The van der Waals surface area contributed by atoms with E-state index in [0.717, 1.165) is 47.2 Å². The minimum Gasteiger partial charge on any atom is -0.399 e. The standard InChI is InChI=1S/C25H32N6O2S2/c1-29(2)21-9-3-18(4-10-21)17-23(19-5-7-20(26)8-6-19)24-27-25(34-28-24)30-13-15-31(16-14-30)35(32,33)22-11-12-22/h3-10,22-23H,11-17,26H2,1-2H3. The van der Waals surface area contributed by atoms with Crippen molar-refractivity contribution < 1.29 is 8.42 Å². The van der Waals surface area contributed by atoms with Crippen LogP contribution in [0.3, 0.4) is 0 Å². The molecule has 0 spiro atoms. The fourth-order valence-corrected chi connectivity index (χ4v) is 7.06. The van der Waals surface area contributed by atoms with E-state index in [0.29, 0.717) is 26.2 Å². The molecule has 1 aromatic heterocycles. The Balaban J connectivity index is 1.34. The van der Waals surface area contributed by atoms with E-state index in [4.69, 9.17) is 15.1 Å². The summed E-state index contributed by atoms with van der Waals surface area (Å²) in [6.45, 7) is 2.29. The number of hydrogen-bond acceptors (Lipinski definition) is 8. The molecular weight excluding hydrogens is 480 g/mol. The molecule has 8 nitrogen and oxygen atoms in total. The summed E-state index contributed by atoms with van der Waals surface area (Å²) in [5, 5.41) is 0.696. The number of nitrogen functional groups attached to an aromatic ring is 1. The van der Waals surface area contributed by atoms with Crippen LogP contribution >= 0.6 is 11.5 Å². The predicted octanol–water partition coefficient (Wildman–Crippen LogP) is 3.18. The van der Waals surface area contributed by atoms with Crippen molar-refractivity contribution in [2.24, 2.45) is 0 Å². The fraction of sp³-hybridized carbons (Fsp3) is 0.440. The highest BCUT2D eigenvalue weighted by Gasteiger charge is 2.41. The van der Waals surface area contributed by atoms with Crippen molar-refractivity contribution in [3.63, 3.8) is 0 Å². The number of sulfonamides is 1. The molecule has 2 aliphatic rings. The number of rotatable bonds is 8. The van der Waals surface area contributed by atoms with E-state index in [-0.39, 0.29) is 11.2 Å². The van der Waals surface area contributed by atoms with E-state index in [1.807, 2.05) is 26.2 Å². The highest BCUT2D eigenvalue weighted by molar-refractivity contribution is 7.90. The van der Waals surface area contributed by atoms with Gasteiger partial charge < -0.3 is 15.5 Å². The van der Waals surface area contributed by atoms with Crippen molar-refractivity contribution in [1.29, 1.82) is 0 Å². The summed E-state index contributed by atoms with van der Waals surface area (Å²) in [5.74, 6) is 0.793. The SMILES string of the molecule is CN(C)c1ccc(CC(c2ccc(N)cc2)c2nsc(N3CCN(S(=O)(=O)C4CC4)CC3)n2)cc1. The third kappa shape index (κ3) is 5.29. The molecule has 35 heavy (non-hydrogen) atoms. The Bertz CT molecular complexity index is 1250. The number of nitrogens with two attached hydrogens (primary N) is 1. The van der Waals surface area contributed by atoms with Gasteiger partial charge in [0.1, 0.15) is 0 Å². The molecule has 2 aromatic carbocycles. The molecule has 3 aromatic rings. The number of piperazine rings is 1. The van der Waals surface area contributed by atoms with Gasteiger partial charge in [0.05, 0.1) is 5.25 Å². The first kappa shape index (κ1) is 24.0. The minimum absolute atomic E-state index is 0.00217. The largest absolute Gasteiger partial charge is 0.399 e. The molecule has 10 heteroatoms. The maximum absolute atomic E-state index is 12.6. The molecule has 0 radical (unpaired) electrons. The van der Waals surface area contributed by atoms with Gasteiger partial charge in [-0.15, -0.1) is 0 Å². The topological polar surface area (TPSA) is 95.7 Å². The first-order chi connectivity index (χ1) is 16.8. The summed E-state index contributed by atoms with van der Waals surface area (Å²) in [5.41, 5.74) is 10.2. The highest BCUT2D eigenvalue weighted by atomic mass is 32.2. The van der Waals surface area contributed by atoms with Crippen molar-refractivity contribution in [2.45, 2.75) is 30.4 Å². The molecule has 1 saturated heterocycles. The Hall–Kier alpha value is -2.69. The molecule has 1 unspecified atom stereocenters. The van der Waals surface area contributed by atoms with Crippen LogP contribution in [0.4, 0.5) is 16.5 Å².